The van der Waals surface area contributed by atoms with Crippen molar-refractivity contribution in [3.63, 3.8) is 0 Å². The topological polar surface area (TPSA) is 12.0 Å². The zero-order chi connectivity index (χ0) is 9.90. The number of hydrogen-bond donors (Lipinski definition) is 1. The van der Waals surface area contributed by atoms with E-state index in [2.05, 4.69) is 12.2 Å². The number of alkyl halides is 2. The van der Waals surface area contributed by atoms with Gasteiger partial charge in [0.25, 0.3) is 6.43 Å². The number of hydrogen-bond acceptors (Lipinski definition) is 1. The van der Waals surface area contributed by atoms with E-state index in [4.69, 9.17) is 0 Å². The Balaban J connectivity index is 2.18. The maximum atomic E-state index is 12.1. The van der Waals surface area contributed by atoms with Gasteiger partial charge in [0, 0.05) is 6.54 Å². The molecule has 0 heterocycles. The second-order valence-electron chi connectivity index (χ2n) is 4.25. The van der Waals surface area contributed by atoms with Crippen molar-refractivity contribution in [3.8, 4) is 0 Å². The average molecular weight is 191 g/mol. The highest BCUT2D eigenvalue weighted by Gasteiger charge is 2.41. The van der Waals surface area contributed by atoms with Crippen LogP contribution in [0.5, 0.6) is 0 Å². The van der Waals surface area contributed by atoms with Gasteiger partial charge in [0.15, 0.2) is 0 Å². The molecule has 78 valence electrons. The molecular weight excluding hydrogens is 172 g/mol. The molecule has 1 unspecified atom stereocenters. The van der Waals surface area contributed by atoms with Gasteiger partial charge in [0.05, 0.1) is 6.04 Å². The van der Waals surface area contributed by atoms with Crippen LogP contribution in [0.25, 0.3) is 0 Å². The van der Waals surface area contributed by atoms with Crippen molar-refractivity contribution >= 4 is 0 Å². The normalized spacial score (nSPS) is 21.9. The molecular formula is C10H19F2N. The van der Waals surface area contributed by atoms with E-state index in [-0.39, 0.29) is 0 Å². The first kappa shape index (κ1) is 10.9. The first-order valence-electron chi connectivity index (χ1n) is 5.11. The van der Waals surface area contributed by atoms with Crippen LogP contribution >= 0.6 is 0 Å². The third-order valence-corrected chi connectivity index (χ3v) is 2.91. The average Bonchev–Trinajstić information content (AvgIpc) is 2.82. The molecule has 0 saturated heterocycles. The number of nitrogens with one attached hydrogen (secondary N) is 1. The Labute approximate surface area is 78.9 Å². The SMILES string of the molecule is CCCC1(CNC(C)C(F)F)CC1. The molecule has 13 heavy (non-hydrogen) atoms. The Kier molecular flexibility index (Phi) is 3.65. The molecule has 1 rings (SSSR count). The summed E-state index contributed by atoms with van der Waals surface area (Å²) in [6.07, 6.45) is 2.52. The van der Waals surface area contributed by atoms with Gasteiger partial charge in [-0.1, -0.05) is 13.3 Å². The predicted molar refractivity (Wildman–Crippen MR) is 50.0 cm³/mol. The van der Waals surface area contributed by atoms with E-state index in [0.29, 0.717) is 5.41 Å². The van der Waals surface area contributed by atoms with Crippen molar-refractivity contribution in [1.82, 2.24) is 5.32 Å². The Bertz CT molecular complexity index is 155. The zero-order valence-corrected chi connectivity index (χ0v) is 8.45. The Morgan fingerprint density at radius 1 is 1.38 bits per heavy atom. The van der Waals surface area contributed by atoms with Crippen molar-refractivity contribution in [1.29, 1.82) is 0 Å². The molecule has 0 bridgehead atoms. The monoisotopic (exact) mass is 191 g/mol. The molecule has 1 aliphatic rings. The Morgan fingerprint density at radius 2 is 2.00 bits per heavy atom. The van der Waals surface area contributed by atoms with Crippen molar-refractivity contribution in [2.45, 2.75) is 52.0 Å². The van der Waals surface area contributed by atoms with Crippen LogP contribution in [0.3, 0.4) is 0 Å². The molecule has 1 aliphatic carbocycles. The van der Waals surface area contributed by atoms with Crippen LogP contribution < -0.4 is 5.32 Å². The summed E-state index contributed by atoms with van der Waals surface area (Å²) in [5, 5.41) is 2.92. The molecule has 1 N–H and O–H groups in total. The lowest BCUT2D eigenvalue weighted by Crippen LogP contribution is -2.36. The number of rotatable bonds is 6. The van der Waals surface area contributed by atoms with E-state index < -0.39 is 12.5 Å². The van der Waals surface area contributed by atoms with E-state index >= 15 is 0 Å². The van der Waals surface area contributed by atoms with Gasteiger partial charge in [-0.2, -0.15) is 0 Å². The Hall–Kier alpha value is -0.180. The quantitative estimate of drug-likeness (QED) is 0.680. The van der Waals surface area contributed by atoms with Crippen molar-refractivity contribution in [3.05, 3.63) is 0 Å². The lowest BCUT2D eigenvalue weighted by molar-refractivity contribution is 0.103. The highest BCUT2D eigenvalue weighted by atomic mass is 19.3. The molecule has 0 aromatic carbocycles. The first-order chi connectivity index (χ1) is 6.09. The van der Waals surface area contributed by atoms with E-state index in [1.807, 2.05) is 0 Å². The summed E-state index contributed by atoms with van der Waals surface area (Å²) >= 11 is 0. The maximum absolute atomic E-state index is 12.1. The summed E-state index contributed by atoms with van der Waals surface area (Å²) in [6.45, 7) is 4.47. The lowest BCUT2D eigenvalue weighted by atomic mass is 10.0. The third-order valence-electron chi connectivity index (χ3n) is 2.91. The highest BCUT2D eigenvalue weighted by Crippen LogP contribution is 2.48. The van der Waals surface area contributed by atoms with Gasteiger partial charge >= 0.3 is 0 Å². The minimum Gasteiger partial charge on any atom is -0.309 e. The molecule has 0 amide bonds. The largest absolute Gasteiger partial charge is 0.309 e. The molecule has 0 spiro atoms. The molecule has 1 atom stereocenters. The second-order valence-corrected chi connectivity index (χ2v) is 4.25. The van der Waals surface area contributed by atoms with Crippen molar-refractivity contribution < 1.29 is 8.78 Å². The minimum absolute atomic E-state index is 0.373. The van der Waals surface area contributed by atoms with Crippen LogP contribution in [0.1, 0.15) is 39.5 Å². The summed E-state index contributed by atoms with van der Waals surface area (Å²) in [7, 11) is 0. The first-order valence-corrected chi connectivity index (χ1v) is 5.11. The van der Waals surface area contributed by atoms with Crippen molar-refractivity contribution in [2.75, 3.05) is 6.54 Å². The van der Waals surface area contributed by atoms with E-state index in [0.717, 1.165) is 13.0 Å². The highest BCUT2D eigenvalue weighted by molar-refractivity contribution is 4.94. The summed E-state index contributed by atoms with van der Waals surface area (Å²) in [5.41, 5.74) is 0.373. The van der Waals surface area contributed by atoms with Crippen LogP contribution in [0.2, 0.25) is 0 Å². The van der Waals surface area contributed by atoms with E-state index in [1.165, 1.54) is 19.3 Å². The van der Waals surface area contributed by atoms with E-state index in [9.17, 15) is 8.78 Å². The van der Waals surface area contributed by atoms with Gasteiger partial charge in [0.2, 0.25) is 0 Å². The molecule has 1 saturated carbocycles. The third kappa shape index (κ3) is 3.22. The zero-order valence-electron chi connectivity index (χ0n) is 8.45. The van der Waals surface area contributed by atoms with Gasteiger partial charge in [-0.15, -0.1) is 0 Å². The fourth-order valence-corrected chi connectivity index (χ4v) is 1.69. The fraction of sp³-hybridized carbons (Fsp3) is 1.00. The molecule has 0 aliphatic heterocycles. The number of halogens is 2. The van der Waals surface area contributed by atoms with Gasteiger partial charge in [-0.3, -0.25) is 0 Å². The molecule has 1 nitrogen and oxygen atoms in total. The lowest BCUT2D eigenvalue weighted by Gasteiger charge is -2.18. The molecule has 0 aromatic rings. The van der Waals surface area contributed by atoms with Crippen LogP contribution in [0.4, 0.5) is 8.78 Å². The maximum Gasteiger partial charge on any atom is 0.253 e. The smallest absolute Gasteiger partial charge is 0.253 e. The standard InChI is InChI=1S/C10H19F2N/c1-3-4-10(5-6-10)7-13-8(2)9(11)12/h8-9,13H,3-7H2,1-2H3. The predicted octanol–water partition coefficient (Wildman–Crippen LogP) is 2.81. The fourth-order valence-electron chi connectivity index (χ4n) is 1.69. The van der Waals surface area contributed by atoms with Gasteiger partial charge in [-0.25, -0.2) is 8.78 Å². The molecule has 0 aromatic heterocycles. The van der Waals surface area contributed by atoms with Crippen LogP contribution in [-0.2, 0) is 0 Å². The van der Waals surface area contributed by atoms with Gasteiger partial charge in [0.1, 0.15) is 0 Å². The Morgan fingerprint density at radius 3 is 2.38 bits per heavy atom. The van der Waals surface area contributed by atoms with Gasteiger partial charge in [-0.05, 0) is 31.6 Å². The van der Waals surface area contributed by atoms with Crippen LogP contribution in [-0.4, -0.2) is 19.0 Å². The summed E-state index contributed by atoms with van der Waals surface area (Å²) in [6, 6.07) is -0.658. The summed E-state index contributed by atoms with van der Waals surface area (Å²) in [4.78, 5) is 0. The van der Waals surface area contributed by atoms with Crippen molar-refractivity contribution in [2.24, 2.45) is 5.41 Å². The van der Waals surface area contributed by atoms with Crippen LogP contribution in [0.15, 0.2) is 0 Å². The molecule has 1 fully saturated rings. The molecule has 0 radical (unpaired) electrons. The summed E-state index contributed by atoms with van der Waals surface area (Å²) < 4.78 is 24.3. The minimum atomic E-state index is -2.24. The van der Waals surface area contributed by atoms with E-state index in [1.54, 1.807) is 6.92 Å². The molecule has 3 heteroatoms. The second kappa shape index (κ2) is 4.36. The van der Waals surface area contributed by atoms with Crippen LogP contribution in [0, 0.1) is 5.41 Å². The summed E-state index contributed by atoms with van der Waals surface area (Å²) in [5.74, 6) is 0. The van der Waals surface area contributed by atoms with Gasteiger partial charge < -0.3 is 5.32 Å².